The molecule has 2 aromatic carbocycles. The maximum Gasteiger partial charge on any atom is 0.265 e. The molecule has 25 heavy (non-hydrogen) atoms. The van der Waals surface area contributed by atoms with E-state index in [2.05, 4.69) is 5.32 Å². The van der Waals surface area contributed by atoms with Crippen molar-refractivity contribution in [2.45, 2.75) is 38.1 Å². The fraction of sp³-hybridized carbons (Fsp3) is 0.316. The smallest absolute Gasteiger partial charge is 0.265 e. The Morgan fingerprint density at radius 1 is 1.16 bits per heavy atom. The van der Waals surface area contributed by atoms with Gasteiger partial charge in [0.1, 0.15) is 6.54 Å². The fourth-order valence-electron chi connectivity index (χ4n) is 2.97. The summed E-state index contributed by atoms with van der Waals surface area (Å²) in [5, 5.41) is 2.84. The van der Waals surface area contributed by atoms with Crippen LogP contribution in [-0.4, -0.2) is 26.9 Å². The molecule has 0 saturated carbocycles. The monoisotopic (exact) mass is 358 g/mol. The second-order valence-corrected chi connectivity index (χ2v) is 8.24. The largest absolute Gasteiger partial charge is 0.352 e. The highest BCUT2D eigenvalue weighted by Gasteiger charge is 2.35. The van der Waals surface area contributed by atoms with Crippen molar-refractivity contribution in [1.82, 2.24) is 5.32 Å². The highest BCUT2D eigenvalue weighted by molar-refractivity contribution is 7.93. The minimum absolute atomic E-state index is 0.00442. The molecule has 2 aromatic rings. The summed E-state index contributed by atoms with van der Waals surface area (Å²) in [6.07, 6.45) is 0.789. The molecule has 0 bridgehead atoms. The van der Waals surface area contributed by atoms with Gasteiger partial charge in [0.2, 0.25) is 5.91 Å². The van der Waals surface area contributed by atoms with E-state index in [1.54, 1.807) is 18.2 Å². The second-order valence-electron chi connectivity index (χ2n) is 6.41. The van der Waals surface area contributed by atoms with Crippen molar-refractivity contribution in [1.29, 1.82) is 0 Å². The zero-order valence-corrected chi connectivity index (χ0v) is 15.4. The Kier molecular flexibility index (Phi) is 4.56. The molecule has 3 rings (SSSR count). The van der Waals surface area contributed by atoms with Crippen LogP contribution in [0.15, 0.2) is 47.4 Å². The SMILES string of the molecule is CC[C@@H](C)NC(=O)CN1c2ccc(C)cc2-c2ccccc2S1(=O)=O. The predicted octanol–water partition coefficient (Wildman–Crippen LogP) is 3.09. The molecule has 1 aliphatic rings. The maximum atomic E-state index is 13.1. The van der Waals surface area contributed by atoms with Crippen LogP contribution in [0.2, 0.25) is 0 Å². The number of benzene rings is 2. The highest BCUT2D eigenvalue weighted by atomic mass is 32.2. The third-order valence-corrected chi connectivity index (χ3v) is 6.29. The van der Waals surface area contributed by atoms with Crippen LogP contribution in [0.5, 0.6) is 0 Å². The summed E-state index contributed by atoms with van der Waals surface area (Å²) in [6.45, 7) is 5.61. The van der Waals surface area contributed by atoms with Crippen molar-refractivity contribution in [3.8, 4) is 11.1 Å². The third kappa shape index (κ3) is 3.14. The van der Waals surface area contributed by atoms with Gasteiger partial charge < -0.3 is 5.32 Å². The van der Waals surface area contributed by atoms with Crippen molar-refractivity contribution in [2.24, 2.45) is 0 Å². The van der Waals surface area contributed by atoms with Gasteiger partial charge in [-0.1, -0.05) is 36.8 Å². The first-order chi connectivity index (χ1) is 11.8. The van der Waals surface area contributed by atoms with E-state index < -0.39 is 10.0 Å². The molecule has 0 radical (unpaired) electrons. The number of aryl methyl sites for hydroxylation is 1. The number of sulfonamides is 1. The number of carbonyl (C=O) groups is 1. The first-order valence-electron chi connectivity index (χ1n) is 8.36. The molecule has 0 unspecified atom stereocenters. The lowest BCUT2D eigenvalue weighted by molar-refractivity contribution is -0.120. The first kappa shape index (κ1) is 17.5. The number of carbonyl (C=O) groups excluding carboxylic acids is 1. The van der Waals surface area contributed by atoms with E-state index in [0.29, 0.717) is 11.3 Å². The van der Waals surface area contributed by atoms with Crippen molar-refractivity contribution >= 4 is 21.6 Å². The van der Waals surface area contributed by atoms with Crippen molar-refractivity contribution in [3.63, 3.8) is 0 Å². The average molecular weight is 358 g/mol. The second kappa shape index (κ2) is 6.52. The van der Waals surface area contributed by atoms with E-state index in [1.807, 2.05) is 45.0 Å². The highest BCUT2D eigenvalue weighted by Crippen LogP contribution is 2.43. The molecule has 0 spiro atoms. The zero-order chi connectivity index (χ0) is 18.2. The van der Waals surface area contributed by atoms with E-state index in [1.165, 1.54) is 4.31 Å². The summed E-state index contributed by atoms with van der Waals surface area (Å²) in [4.78, 5) is 12.6. The normalized spacial score (nSPS) is 15.9. The number of anilines is 1. The summed E-state index contributed by atoms with van der Waals surface area (Å²) in [5.41, 5.74) is 3.10. The maximum absolute atomic E-state index is 13.1. The molecule has 1 heterocycles. The Morgan fingerprint density at radius 3 is 2.60 bits per heavy atom. The molecule has 0 aliphatic carbocycles. The minimum Gasteiger partial charge on any atom is -0.352 e. The van der Waals surface area contributed by atoms with Gasteiger partial charge >= 0.3 is 0 Å². The van der Waals surface area contributed by atoms with Crippen LogP contribution >= 0.6 is 0 Å². The van der Waals surface area contributed by atoms with Gasteiger partial charge in [-0.2, -0.15) is 0 Å². The van der Waals surface area contributed by atoms with Crippen LogP contribution < -0.4 is 9.62 Å². The quantitative estimate of drug-likeness (QED) is 0.913. The third-order valence-electron chi connectivity index (χ3n) is 4.47. The van der Waals surface area contributed by atoms with E-state index in [-0.39, 0.29) is 23.4 Å². The Morgan fingerprint density at radius 2 is 1.88 bits per heavy atom. The number of hydrogen-bond acceptors (Lipinski definition) is 3. The summed E-state index contributed by atoms with van der Waals surface area (Å²) in [7, 11) is -3.77. The molecule has 1 amide bonds. The summed E-state index contributed by atoms with van der Waals surface area (Å²) < 4.78 is 27.4. The van der Waals surface area contributed by atoms with Gasteiger partial charge in [-0.05, 0) is 38.5 Å². The predicted molar refractivity (Wildman–Crippen MR) is 99.0 cm³/mol. The molecular formula is C19H22N2O3S. The number of fused-ring (bicyclic) bond motifs is 3. The van der Waals surface area contributed by atoms with E-state index in [4.69, 9.17) is 0 Å². The molecule has 132 valence electrons. The molecule has 1 aliphatic heterocycles. The van der Waals surface area contributed by atoms with Crippen LogP contribution in [0.4, 0.5) is 5.69 Å². The van der Waals surface area contributed by atoms with Crippen molar-refractivity contribution < 1.29 is 13.2 Å². The van der Waals surface area contributed by atoms with Gasteiger partial charge in [0, 0.05) is 17.2 Å². The molecule has 0 fully saturated rings. The number of amides is 1. The van der Waals surface area contributed by atoms with Crippen LogP contribution in [-0.2, 0) is 14.8 Å². The van der Waals surface area contributed by atoms with Crippen molar-refractivity contribution in [3.05, 3.63) is 48.0 Å². The van der Waals surface area contributed by atoms with Crippen LogP contribution in [0, 0.1) is 6.92 Å². The fourth-order valence-corrected chi connectivity index (χ4v) is 4.62. The van der Waals surface area contributed by atoms with E-state index in [0.717, 1.165) is 17.5 Å². The lowest BCUT2D eigenvalue weighted by atomic mass is 10.0. The minimum atomic E-state index is -3.77. The van der Waals surface area contributed by atoms with Gasteiger partial charge in [0.15, 0.2) is 0 Å². The van der Waals surface area contributed by atoms with E-state index in [9.17, 15) is 13.2 Å². The van der Waals surface area contributed by atoms with Gasteiger partial charge in [-0.25, -0.2) is 8.42 Å². The Hall–Kier alpha value is -2.34. The van der Waals surface area contributed by atoms with Gasteiger partial charge in [-0.3, -0.25) is 9.10 Å². The van der Waals surface area contributed by atoms with Crippen LogP contribution in [0.1, 0.15) is 25.8 Å². The lowest BCUT2D eigenvalue weighted by Crippen LogP contribution is -2.44. The molecule has 1 atom stereocenters. The molecule has 1 N–H and O–H groups in total. The molecule has 5 nitrogen and oxygen atoms in total. The van der Waals surface area contributed by atoms with Crippen molar-refractivity contribution in [2.75, 3.05) is 10.8 Å². The Bertz CT molecular complexity index is 922. The van der Waals surface area contributed by atoms with E-state index >= 15 is 0 Å². The van der Waals surface area contributed by atoms with Gasteiger partial charge in [-0.15, -0.1) is 0 Å². The molecule has 0 saturated heterocycles. The molecule has 6 heteroatoms. The molecule has 0 aromatic heterocycles. The number of hydrogen-bond donors (Lipinski definition) is 1. The standard InChI is InChI=1S/C19H22N2O3S/c1-4-14(3)20-19(22)12-21-17-10-9-13(2)11-16(17)15-7-5-6-8-18(15)25(21,23)24/h5-11,14H,4,12H2,1-3H3,(H,20,22)/t14-/m1/s1. The summed E-state index contributed by atoms with van der Waals surface area (Å²) in [6, 6.07) is 12.5. The number of rotatable bonds is 4. The number of nitrogens with zero attached hydrogens (tertiary/aromatic N) is 1. The topological polar surface area (TPSA) is 66.5 Å². The number of nitrogens with one attached hydrogen (secondary N) is 1. The zero-order valence-electron chi connectivity index (χ0n) is 14.6. The average Bonchev–Trinajstić information content (AvgIpc) is 2.59. The Balaban J connectivity index is 2.09. The summed E-state index contributed by atoms with van der Waals surface area (Å²) in [5.74, 6) is -0.302. The summed E-state index contributed by atoms with van der Waals surface area (Å²) >= 11 is 0. The molecular weight excluding hydrogens is 336 g/mol. The first-order valence-corrected chi connectivity index (χ1v) is 9.80. The Labute approximate surface area is 148 Å². The van der Waals surface area contributed by atoms with Crippen LogP contribution in [0.3, 0.4) is 0 Å². The van der Waals surface area contributed by atoms with Crippen LogP contribution in [0.25, 0.3) is 11.1 Å². The van der Waals surface area contributed by atoms with Gasteiger partial charge in [0.05, 0.1) is 10.6 Å². The van der Waals surface area contributed by atoms with Gasteiger partial charge in [0.25, 0.3) is 10.0 Å². The lowest BCUT2D eigenvalue weighted by Gasteiger charge is -2.32.